The van der Waals surface area contributed by atoms with E-state index in [1.807, 2.05) is 42.6 Å². The Balaban J connectivity index is 1.41. The number of halogens is 2. The number of aromatic nitrogens is 3. The number of aryl methyl sites for hydroxylation is 1. The number of hydrogen-bond acceptors (Lipinski definition) is 7. The molecule has 1 amide bonds. The Morgan fingerprint density at radius 3 is 2.75 bits per heavy atom. The summed E-state index contributed by atoms with van der Waals surface area (Å²) in [4.78, 5) is 19.3. The lowest BCUT2D eigenvalue weighted by molar-refractivity contribution is 0.0728. The molecule has 3 atom stereocenters. The second-order valence-electron chi connectivity index (χ2n) is 9.32. The fourth-order valence-electron chi connectivity index (χ4n) is 4.41. The van der Waals surface area contributed by atoms with Crippen molar-refractivity contribution in [2.75, 3.05) is 6.54 Å². The molecule has 1 aliphatic heterocycles. The van der Waals surface area contributed by atoms with E-state index >= 15 is 0 Å². The molecule has 3 heterocycles. The highest BCUT2D eigenvalue weighted by atomic mass is 32.1. The molecular formula is C26H25F2N5O2S. The van der Waals surface area contributed by atoms with Crippen LogP contribution in [0.2, 0.25) is 0 Å². The van der Waals surface area contributed by atoms with Crippen LogP contribution >= 0.6 is 11.3 Å². The van der Waals surface area contributed by atoms with Crippen molar-refractivity contribution in [2.24, 2.45) is 5.73 Å². The lowest BCUT2D eigenvalue weighted by atomic mass is 9.94. The van der Waals surface area contributed by atoms with Crippen molar-refractivity contribution < 1.29 is 18.0 Å². The number of benzene rings is 2. The molecule has 0 unspecified atom stereocenters. The Hall–Kier alpha value is -3.50. The van der Waals surface area contributed by atoms with E-state index in [4.69, 9.17) is 10.2 Å². The molecule has 186 valence electrons. The van der Waals surface area contributed by atoms with Gasteiger partial charge in [0.1, 0.15) is 17.0 Å². The first-order valence-electron chi connectivity index (χ1n) is 11.5. The van der Waals surface area contributed by atoms with Crippen molar-refractivity contribution in [3.63, 3.8) is 0 Å². The highest BCUT2D eigenvalue weighted by Gasteiger charge is 2.38. The van der Waals surface area contributed by atoms with Crippen LogP contribution in [0.5, 0.6) is 0 Å². The van der Waals surface area contributed by atoms with E-state index in [0.717, 1.165) is 11.3 Å². The lowest BCUT2D eigenvalue weighted by Gasteiger charge is -2.23. The van der Waals surface area contributed by atoms with Gasteiger partial charge in [0, 0.05) is 23.1 Å². The topological polar surface area (TPSA) is 98.1 Å². The number of carbonyl (C=O) groups excluding carboxylic acids is 1. The van der Waals surface area contributed by atoms with E-state index in [-0.39, 0.29) is 35.9 Å². The molecule has 2 aromatic heterocycles. The quantitative estimate of drug-likeness (QED) is 0.394. The van der Waals surface area contributed by atoms with Crippen LogP contribution < -0.4 is 5.73 Å². The van der Waals surface area contributed by atoms with Crippen LogP contribution in [0.1, 0.15) is 51.9 Å². The van der Waals surface area contributed by atoms with E-state index < -0.39 is 29.5 Å². The molecule has 0 bridgehead atoms. The van der Waals surface area contributed by atoms with Crippen molar-refractivity contribution in [1.29, 1.82) is 0 Å². The number of alkyl halides is 1. The Kier molecular flexibility index (Phi) is 6.40. The van der Waals surface area contributed by atoms with E-state index in [1.165, 1.54) is 34.4 Å². The van der Waals surface area contributed by atoms with Gasteiger partial charge in [-0.1, -0.05) is 30.3 Å². The van der Waals surface area contributed by atoms with Gasteiger partial charge in [-0.15, -0.1) is 21.5 Å². The van der Waals surface area contributed by atoms with Crippen molar-refractivity contribution in [3.05, 3.63) is 87.4 Å². The third-order valence-electron chi connectivity index (χ3n) is 6.20. The third-order valence-corrected chi connectivity index (χ3v) is 7.27. The number of amides is 1. The maximum atomic E-state index is 14.8. The fraction of sp³-hybridized carbons (Fsp3) is 0.308. The first-order valence-corrected chi connectivity index (χ1v) is 12.4. The molecular weight excluding hydrogens is 484 g/mol. The Labute approximate surface area is 211 Å². The molecule has 4 aromatic rings. The molecule has 36 heavy (non-hydrogen) atoms. The van der Waals surface area contributed by atoms with E-state index in [1.54, 1.807) is 6.92 Å². The largest absolute Gasteiger partial charge is 0.419 e. The number of hydrogen-bond donors (Lipinski definition) is 1. The molecule has 5 rings (SSSR count). The monoisotopic (exact) mass is 509 g/mol. The molecule has 0 spiro atoms. The average Bonchev–Trinajstić information content (AvgIpc) is 3.59. The second kappa shape index (κ2) is 9.51. The SMILES string of the molecule is Cc1csc([C@H]2C[C@H](F)CN2C(=O)c2ccc(F)c(-c3nnc([C@@](C)(N)Cc4ccccc4)o3)c2)n1. The molecule has 7 nitrogen and oxygen atoms in total. The number of likely N-dealkylation sites (tertiary alicyclic amines) is 1. The summed E-state index contributed by atoms with van der Waals surface area (Å²) in [5.74, 6) is -0.975. The summed E-state index contributed by atoms with van der Waals surface area (Å²) in [6.45, 7) is 3.56. The van der Waals surface area contributed by atoms with Crippen LogP contribution in [0.25, 0.3) is 11.5 Å². The number of thiazole rings is 1. The zero-order valence-electron chi connectivity index (χ0n) is 19.8. The molecule has 10 heteroatoms. The minimum Gasteiger partial charge on any atom is -0.419 e. The minimum absolute atomic E-state index is 0.0206. The molecule has 2 N–H and O–H groups in total. The van der Waals surface area contributed by atoms with Gasteiger partial charge in [-0.3, -0.25) is 4.79 Å². The number of nitrogens with two attached hydrogens (primary N) is 1. The zero-order valence-corrected chi connectivity index (χ0v) is 20.6. The normalized spacial score (nSPS) is 19.4. The van der Waals surface area contributed by atoms with Crippen LogP contribution in [0.3, 0.4) is 0 Å². The zero-order chi connectivity index (χ0) is 25.4. The summed E-state index contributed by atoms with van der Waals surface area (Å²) in [5.41, 5.74) is 7.45. The molecule has 0 aliphatic carbocycles. The van der Waals surface area contributed by atoms with Crippen LogP contribution in [0.4, 0.5) is 8.78 Å². The lowest BCUT2D eigenvalue weighted by Crippen LogP contribution is -2.35. The predicted octanol–water partition coefficient (Wildman–Crippen LogP) is 4.98. The van der Waals surface area contributed by atoms with Gasteiger partial charge in [-0.25, -0.2) is 13.8 Å². The summed E-state index contributed by atoms with van der Waals surface area (Å²) < 4.78 is 34.9. The highest BCUT2D eigenvalue weighted by molar-refractivity contribution is 7.09. The van der Waals surface area contributed by atoms with Gasteiger partial charge in [0.25, 0.3) is 11.8 Å². The third kappa shape index (κ3) is 4.78. The number of carbonyl (C=O) groups is 1. The van der Waals surface area contributed by atoms with Crippen molar-refractivity contribution in [1.82, 2.24) is 20.1 Å². The van der Waals surface area contributed by atoms with Crippen LogP contribution in [0.15, 0.2) is 58.3 Å². The van der Waals surface area contributed by atoms with Crippen molar-refractivity contribution >= 4 is 17.2 Å². The standard InChI is InChI=1S/C26H25F2N5O2S/c1-15-14-36-23(30-15)21-11-18(27)13-33(21)24(34)17-8-9-20(28)19(10-17)22-31-32-25(35-22)26(2,29)12-16-6-4-3-5-7-16/h3-10,14,18,21H,11-13,29H2,1-2H3/t18-,21+,26-/m0/s1. The maximum Gasteiger partial charge on any atom is 0.254 e. The first kappa shape index (κ1) is 24.2. The van der Waals surface area contributed by atoms with Crippen LogP contribution in [0, 0.1) is 12.7 Å². The highest BCUT2D eigenvalue weighted by Crippen LogP contribution is 2.37. The van der Waals surface area contributed by atoms with Gasteiger partial charge < -0.3 is 15.1 Å². The summed E-state index contributed by atoms with van der Waals surface area (Å²) in [6, 6.07) is 13.1. The fourth-order valence-corrected chi connectivity index (χ4v) is 5.34. The van der Waals surface area contributed by atoms with Gasteiger partial charge in [-0.05, 0) is 44.0 Å². The Morgan fingerprint density at radius 2 is 2.03 bits per heavy atom. The maximum absolute atomic E-state index is 14.8. The average molecular weight is 510 g/mol. The van der Waals surface area contributed by atoms with E-state index in [0.29, 0.717) is 11.4 Å². The molecule has 1 saturated heterocycles. The smallest absolute Gasteiger partial charge is 0.254 e. The first-order chi connectivity index (χ1) is 17.2. The van der Waals surface area contributed by atoms with Gasteiger partial charge >= 0.3 is 0 Å². The molecule has 0 radical (unpaired) electrons. The Bertz CT molecular complexity index is 1390. The van der Waals surface area contributed by atoms with Gasteiger partial charge in [0.05, 0.1) is 23.7 Å². The predicted molar refractivity (Wildman–Crippen MR) is 132 cm³/mol. The van der Waals surface area contributed by atoms with Gasteiger partial charge in [-0.2, -0.15) is 0 Å². The number of rotatable bonds is 6. The second-order valence-corrected chi connectivity index (χ2v) is 10.2. The summed E-state index contributed by atoms with van der Waals surface area (Å²) in [7, 11) is 0. The molecule has 0 saturated carbocycles. The van der Waals surface area contributed by atoms with E-state index in [9.17, 15) is 13.6 Å². The summed E-state index contributed by atoms with van der Waals surface area (Å²) in [5, 5.41) is 10.6. The molecule has 1 fully saturated rings. The van der Waals surface area contributed by atoms with Crippen molar-refractivity contribution in [3.8, 4) is 11.5 Å². The van der Waals surface area contributed by atoms with Gasteiger partial charge in [0.15, 0.2) is 0 Å². The van der Waals surface area contributed by atoms with Crippen LogP contribution in [-0.2, 0) is 12.0 Å². The van der Waals surface area contributed by atoms with Crippen LogP contribution in [-0.4, -0.2) is 38.7 Å². The molecule has 1 aliphatic rings. The number of nitrogens with zero attached hydrogens (tertiary/aromatic N) is 4. The Morgan fingerprint density at radius 1 is 1.25 bits per heavy atom. The van der Waals surface area contributed by atoms with Crippen molar-refractivity contribution in [2.45, 2.75) is 44.4 Å². The van der Waals surface area contributed by atoms with Gasteiger partial charge in [0.2, 0.25) is 5.89 Å². The summed E-state index contributed by atoms with van der Waals surface area (Å²) in [6.07, 6.45) is -0.544. The molecule has 2 aromatic carbocycles. The summed E-state index contributed by atoms with van der Waals surface area (Å²) >= 11 is 1.40. The minimum atomic E-state index is -1.16. The van der Waals surface area contributed by atoms with E-state index in [2.05, 4.69) is 15.2 Å².